The van der Waals surface area contributed by atoms with E-state index in [0.29, 0.717) is 11.5 Å². The molecule has 0 saturated carbocycles. The topological polar surface area (TPSA) is 143 Å². The monoisotopic (exact) mass is 658 g/mol. The Labute approximate surface area is 223 Å². The molecule has 192 valence electrons. The van der Waals surface area contributed by atoms with Gasteiger partial charge in [-0.15, -0.1) is 0 Å². The Bertz CT molecular complexity index is 1210. The Morgan fingerprint density at radius 3 is 1.23 bits per heavy atom. The molecule has 2 rings (SSSR count). The summed E-state index contributed by atoms with van der Waals surface area (Å²) in [5, 5.41) is 17.3. The van der Waals surface area contributed by atoms with Crippen LogP contribution in [0.2, 0.25) is 0 Å². The van der Waals surface area contributed by atoms with E-state index in [4.69, 9.17) is 59.0 Å². The summed E-state index contributed by atoms with van der Waals surface area (Å²) in [4.78, 5) is 6.17. The van der Waals surface area contributed by atoms with Gasteiger partial charge in [0.05, 0.1) is 47.6 Å². The summed E-state index contributed by atoms with van der Waals surface area (Å²) in [6.45, 7) is 3.10. The van der Waals surface area contributed by atoms with Crippen LogP contribution >= 0.6 is 38.8 Å². The van der Waals surface area contributed by atoms with Crippen molar-refractivity contribution in [2.75, 3.05) is 25.7 Å². The molecule has 0 spiro atoms. The van der Waals surface area contributed by atoms with Crippen molar-refractivity contribution in [3.05, 3.63) is 46.4 Å². The molecule has 10 nitrogen and oxygen atoms in total. The molecule has 0 bridgehead atoms. The van der Waals surface area contributed by atoms with Gasteiger partial charge in [-0.25, -0.2) is 16.8 Å². The average molecular weight is 662 g/mol. The van der Waals surface area contributed by atoms with Gasteiger partial charge in [0.1, 0.15) is 0 Å². The summed E-state index contributed by atoms with van der Waals surface area (Å²) in [5.74, 6) is 0.661. The molecule has 0 heterocycles. The van der Waals surface area contributed by atoms with Crippen LogP contribution < -0.4 is 9.47 Å². The van der Waals surface area contributed by atoms with E-state index in [0.717, 1.165) is 0 Å². The van der Waals surface area contributed by atoms with Gasteiger partial charge in [0.15, 0.2) is 29.6 Å². The van der Waals surface area contributed by atoms with Crippen LogP contribution in [0.4, 0.5) is 11.4 Å². The van der Waals surface area contributed by atoms with E-state index in [-0.39, 0.29) is 32.7 Å². The van der Waals surface area contributed by atoms with Crippen molar-refractivity contribution in [1.29, 1.82) is 10.8 Å². The van der Waals surface area contributed by atoms with Crippen molar-refractivity contribution < 1.29 is 37.1 Å². The Morgan fingerprint density at radius 1 is 0.743 bits per heavy atom. The molecule has 0 aliphatic carbocycles. The third-order valence-electron chi connectivity index (χ3n) is 3.99. The van der Waals surface area contributed by atoms with Gasteiger partial charge in [-0.3, -0.25) is 0 Å². The first-order chi connectivity index (χ1) is 16.1. The number of nitrogens with zero attached hydrogens (tertiary/aromatic N) is 4. The first-order valence-electron chi connectivity index (χ1n) is 9.68. The molecule has 0 aliphatic heterocycles. The normalized spacial score (nSPS) is 10.9. The molecule has 0 unspecified atom stereocenters. The number of diazo groups is 2. The second-order valence-electron chi connectivity index (χ2n) is 6.28. The molecule has 0 aliphatic rings. The number of hydrogen-bond donors (Lipinski definition) is 0. The van der Waals surface area contributed by atoms with Crippen LogP contribution in [0.25, 0.3) is 9.95 Å². The van der Waals surface area contributed by atoms with Gasteiger partial charge >= 0.3 is 61.0 Å². The number of benzene rings is 2. The Kier molecular flexibility index (Phi) is 14.3. The van der Waals surface area contributed by atoms with Crippen molar-refractivity contribution in [2.45, 2.75) is 23.6 Å². The number of ether oxygens (including phenoxy) is 2. The van der Waals surface area contributed by atoms with Gasteiger partial charge in [-0.2, -0.15) is 0 Å². The Hall–Kier alpha value is -1.44. The fraction of sp³-hybridized carbons (Fsp3) is 0.333. The summed E-state index contributed by atoms with van der Waals surface area (Å²) >= 11 is 0. The number of rotatable bonds is 6. The predicted molar refractivity (Wildman–Crippen MR) is 134 cm³/mol. The number of hydrogen-bond acceptors (Lipinski definition) is 8. The molecule has 2 aromatic carbocycles. The molecule has 17 heteroatoms. The number of halogens is 4. The van der Waals surface area contributed by atoms with Crippen LogP contribution in [-0.4, -0.2) is 42.6 Å². The summed E-state index contributed by atoms with van der Waals surface area (Å²) in [5.41, 5.74) is 0.207. The van der Waals surface area contributed by atoms with E-state index in [1.165, 1.54) is 50.6 Å². The molecule has 0 fully saturated rings. The molecule has 35 heavy (non-hydrogen) atoms. The molecule has 0 saturated heterocycles. The SMILES string of the molecule is CCS(=O)(=O)c1ccc(OC)c([N+]#N)c1.CCS(=O)(=O)c1ccc(OC)c([N+]#N)c1.[Cl][Zn-2]([Cl])([Cl])[Cl]. The third kappa shape index (κ3) is 11.9. The molecule has 0 N–H and O–H groups in total. The fourth-order valence-corrected chi connectivity index (χ4v) is 4.02. The maximum atomic E-state index is 11.5. The van der Waals surface area contributed by atoms with Gasteiger partial charge in [0, 0.05) is 0 Å². The second kappa shape index (κ2) is 15.0. The minimum absolute atomic E-state index is 0.00416. The van der Waals surface area contributed by atoms with Crippen molar-refractivity contribution in [2.24, 2.45) is 0 Å². The van der Waals surface area contributed by atoms with E-state index in [1.54, 1.807) is 13.8 Å². The van der Waals surface area contributed by atoms with E-state index in [2.05, 4.69) is 9.95 Å². The van der Waals surface area contributed by atoms with Crippen molar-refractivity contribution in [3.63, 3.8) is 0 Å². The van der Waals surface area contributed by atoms with Crippen LogP contribution in [0.3, 0.4) is 0 Å². The fourth-order valence-electron chi connectivity index (χ4n) is 2.22. The summed E-state index contributed by atoms with van der Waals surface area (Å²) in [6, 6.07) is 8.31. The van der Waals surface area contributed by atoms with Gasteiger partial charge in [-0.05, 0) is 24.3 Å². The van der Waals surface area contributed by atoms with Crippen LogP contribution in [0.5, 0.6) is 11.5 Å². The number of sulfone groups is 2. The number of methoxy groups -OCH3 is 2. The summed E-state index contributed by atoms with van der Waals surface area (Å²) < 4.78 is 55.8. The van der Waals surface area contributed by atoms with Gasteiger partial charge in [-0.1, -0.05) is 13.8 Å². The van der Waals surface area contributed by atoms with E-state index < -0.39 is 30.5 Å². The molecule has 0 amide bonds. The average Bonchev–Trinajstić information content (AvgIpc) is 2.82. The standard InChI is InChI=1S/2C9H11N2O3S.4ClH.Zn/c2*1-3-15(12,13)7-4-5-9(14-2)8(6-7)11-10;;;;;/h2*4-6H,3H2,1-2H3;4*1H;/q2*+1;;;;;+2/p-4. The Balaban J connectivity index is 0.000000555. The first kappa shape index (κ1) is 33.6. The molecule has 2 aromatic rings. The van der Waals surface area contributed by atoms with E-state index in [1.807, 2.05) is 0 Å². The molecular formula is C18H22Cl4N4O6S2Zn. The zero-order valence-electron chi connectivity index (χ0n) is 19.2. The van der Waals surface area contributed by atoms with Gasteiger partial charge < -0.3 is 9.47 Å². The van der Waals surface area contributed by atoms with Gasteiger partial charge in [0.2, 0.25) is 22.3 Å². The predicted octanol–water partition coefficient (Wildman–Crippen LogP) is 6.70. The minimum atomic E-state index is -3.36. The summed E-state index contributed by atoms with van der Waals surface area (Å²) in [6.07, 6.45) is 0. The van der Waals surface area contributed by atoms with E-state index in [9.17, 15) is 16.8 Å². The van der Waals surface area contributed by atoms with Gasteiger partial charge in [0.25, 0.3) is 0 Å². The molecule has 0 aromatic heterocycles. The van der Waals surface area contributed by atoms with E-state index >= 15 is 0 Å². The quantitative estimate of drug-likeness (QED) is 0.246. The van der Waals surface area contributed by atoms with Crippen LogP contribution in [0.15, 0.2) is 46.2 Å². The maximum absolute atomic E-state index is 11.5. The zero-order valence-corrected chi connectivity index (χ0v) is 26.8. The second-order valence-corrected chi connectivity index (χ2v) is 38.6. The molecule has 0 radical (unpaired) electrons. The van der Waals surface area contributed by atoms with Crippen LogP contribution in [0, 0.1) is 10.8 Å². The van der Waals surface area contributed by atoms with Crippen LogP contribution in [-0.2, 0) is 30.5 Å². The van der Waals surface area contributed by atoms with Crippen molar-refractivity contribution >= 4 is 69.8 Å². The van der Waals surface area contributed by atoms with Crippen molar-refractivity contribution in [1.82, 2.24) is 0 Å². The Morgan fingerprint density at radius 2 is 1.03 bits per heavy atom. The van der Waals surface area contributed by atoms with Crippen molar-refractivity contribution in [3.8, 4) is 11.5 Å². The first-order valence-corrected chi connectivity index (χ1v) is 28.6. The molecule has 0 atom stereocenters. The van der Waals surface area contributed by atoms with Crippen LogP contribution in [0.1, 0.15) is 13.8 Å². The zero-order chi connectivity index (χ0) is 27.4. The molecular weight excluding hydrogens is 640 g/mol. The summed E-state index contributed by atoms with van der Waals surface area (Å²) in [7, 11) is 13.1. The third-order valence-corrected chi connectivity index (χ3v) is 7.46.